The van der Waals surface area contributed by atoms with Gasteiger partial charge in [0.2, 0.25) is 29.5 Å². The monoisotopic (exact) mass is 696 g/mol. The maximum absolute atomic E-state index is 13.2. The van der Waals surface area contributed by atoms with E-state index in [-0.39, 0.29) is 18.5 Å². The summed E-state index contributed by atoms with van der Waals surface area (Å²) in [5.41, 5.74) is 6.10. The van der Waals surface area contributed by atoms with Gasteiger partial charge in [0.25, 0.3) is 0 Å². The van der Waals surface area contributed by atoms with E-state index >= 15 is 0 Å². The molecule has 0 saturated heterocycles. The molecule has 0 unspecified atom stereocenters. The van der Waals surface area contributed by atoms with Crippen LogP contribution in [0.2, 0.25) is 0 Å². The third kappa shape index (κ3) is 13.0. The lowest BCUT2D eigenvalue weighted by Crippen LogP contribution is -2.60. The Balaban J connectivity index is 2.24. The average Bonchev–Trinajstić information content (AvgIpc) is 3.75. The number of aromatic nitrogens is 4. The third-order valence-corrected chi connectivity index (χ3v) is 6.58. The van der Waals surface area contributed by atoms with E-state index in [1.54, 1.807) is 0 Å². The first-order valence-electron chi connectivity index (χ1n) is 14.2. The quantitative estimate of drug-likeness (QED) is 0.0577. The van der Waals surface area contributed by atoms with Crippen LogP contribution in [0.4, 0.5) is 0 Å². The second-order valence-electron chi connectivity index (χ2n) is 10.4. The van der Waals surface area contributed by atoms with Crippen molar-refractivity contribution in [3.63, 3.8) is 0 Å². The summed E-state index contributed by atoms with van der Waals surface area (Å²) in [5, 5.41) is 57.4. The van der Waals surface area contributed by atoms with Gasteiger partial charge in [-0.15, -0.1) is 0 Å². The van der Waals surface area contributed by atoms with Crippen molar-refractivity contribution in [2.24, 2.45) is 5.73 Å². The molecular formula is C26H36N10O13. The minimum Gasteiger partial charge on any atom is -0.481 e. The Labute approximate surface area is 275 Å². The highest BCUT2D eigenvalue weighted by molar-refractivity contribution is 5.97. The number of carboxylic acid groups (broad SMARTS) is 3. The summed E-state index contributed by atoms with van der Waals surface area (Å²) in [6.07, 6.45) is 2.46. The highest BCUT2D eigenvalue weighted by Crippen LogP contribution is 2.05. The molecule has 23 nitrogen and oxygen atoms in total. The second kappa shape index (κ2) is 19.0. The van der Waals surface area contributed by atoms with Gasteiger partial charge in [-0.25, -0.2) is 14.8 Å². The molecular weight excluding hydrogens is 660 g/mol. The molecule has 0 spiro atoms. The maximum Gasteiger partial charge on any atom is 0.326 e. The van der Waals surface area contributed by atoms with E-state index in [9.17, 15) is 58.8 Å². The molecule has 2 aromatic heterocycles. The number of hydrogen-bond acceptors (Lipinski definition) is 13. The van der Waals surface area contributed by atoms with Crippen LogP contribution < -0.4 is 32.3 Å². The summed E-state index contributed by atoms with van der Waals surface area (Å²) in [4.78, 5) is 112. The number of aliphatic hydroxyl groups is 2. The summed E-state index contributed by atoms with van der Waals surface area (Å²) in [6.45, 7) is -1.89. The molecule has 49 heavy (non-hydrogen) atoms. The molecule has 6 atom stereocenters. The van der Waals surface area contributed by atoms with Gasteiger partial charge in [-0.3, -0.25) is 33.6 Å². The number of H-pyrrole nitrogens is 2. The van der Waals surface area contributed by atoms with E-state index in [2.05, 4.69) is 41.2 Å². The predicted octanol–water partition coefficient (Wildman–Crippen LogP) is -6.31. The zero-order valence-corrected chi connectivity index (χ0v) is 25.5. The number of carboxylic acids is 3. The van der Waals surface area contributed by atoms with Crippen molar-refractivity contribution >= 4 is 47.4 Å². The number of rotatable bonds is 21. The Kier molecular flexibility index (Phi) is 15.2. The normalized spacial score (nSPS) is 14.5. The molecule has 2 aromatic rings. The fraction of sp³-hybridized carbons (Fsp3) is 0.462. The first-order valence-corrected chi connectivity index (χ1v) is 14.2. The highest BCUT2D eigenvalue weighted by atomic mass is 16.4. The minimum absolute atomic E-state index is 0.242. The lowest BCUT2D eigenvalue weighted by Gasteiger charge is -2.26. The van der Waals surface area contributed by atoms with Gasteiger partial charge in [0.15, 0.2) is 0 Å². The number of hydrogen-bond donors (Lipinski definition) is 13. The zero-order chi connectivity index (χ0) is 36.7. The van der Waals surface area contributed by atoms with Crippen molar-refractivity contribution in [1.82, 2.24) is 46.5 Å². The van der Waals surface area contributed by atoms with E-state index in [0.717, 1.165) is 0 Å². The van der Waals surface area contributed by atoms with Crippen molar-refractivity contribution in [1.29, 1.82) is 0 Å². The van der Waals surface area contributed by atoms with Crippen molar-refractivity contribution in [3.8, 4) is 0 Å². The number of aliphatic carboxylic acids is 3. The van der Waals surface area contributed by atoms with E-state index in [1.807, 2.05) is 5.32 Å². The van der Waals surface area contributed by atoms with E-state index in [1.165, 1.54) is 25.0 Å². The summed E-state index contributed by atoms with van der Waals surface area (Å²) in [6, 6.07) is -10.2. The summed E-state index contributed by atoms with van der Waals surface area (Å²) in [7, 11) is 0. The number of aromatic amines is 2. The molecule has 0 saturated carbocycles. The molecule has 0 aliphatic carbocycles. The van der Waals surface area contributed by atoms with Gasteiger partial charge < -0.3 is 67.8 Å². The van der Waals surface area contributed by atoms with Crippen LogP contribution in [-0.2, 0) is 51.2 Å². The van der Waals surface area contributed by atoms with Crippen molar-refractivity contribution < 1.29 is 63.9 Å². The van der Waals surface area contributed by atoms with Crippen molar-refractivity contribution in [2.75, 3.05) is 13.2 Å². The Bertz CT molecular complexity index is 1470. The number of imidazole rings is 2. The van der Waals surface area contributed by atoms with Gasteiger partial charge in [0, 0.05) is 36.6 Å². The van der Waals surface area contributed by atoms with Crippen LogP contribution in [-0.4, -0.2) is 142 Å². The molecule has 14 N–H and O–H groups in total. The van der Waals surface area contributed by atoms with Crippen LogP contribution >= 0.6 is 0 Å². The molecule has 0 radical (unpaired) electrons. The Morgan fingerprint density at radius 1 is 0.592 bits per heavy atom. The van der Waals surface area contributed by atoms with E-state index < -0.39 is 110 Å². The fourth-order valence-electron chi connectivity index (χ4n) is 4.05. The smallest absolute Gasteiger partial charge is 0.326 e. The Hall–Kier alpha value is -5.94. The number of carbonyl (C=O) groups is 8. The van der Waals surface area contributed by atoms with Gasteiger partial charge in [0.05, 0.1) is 38.7 Å². The number of nitrogens with zero attached hydrogens (tertiary/aromatic N) is 2. The molecule has 0 aliphatic heterocycles. The van der Waals surface area contributed by atoms with Crippen LogP contribution in [0, 0.1) is 0 Å². The number of nitrogens with two attached hydrogens (primary N) is 1. The fourth-order valence-corrected chi connectivity index (χ4v) is 4.05. The molecule has 2 heterocycles. The number of aliphatic hydroxyl groups excluding tert-OH is 2. The van der Waals surface area contributed by atoms with Crippen LogP contribution in [0.3, 0.4) is 0 Å². The lowest BCUT2D eigenvalue weighted by atomic mass is 10.1. The molecule has 2 rings (SSSR count). The minimum atomic E-state index is -1.89. The standard InChI is InChI=1S/C26H36N10O13/c27-13(7-37)21(43)32-14(1-11-5-28-9-30-11)22(44)34-16(3-19(39)40)24(46)36-18(8-38)25(47)33-15(2-12-6-29-10-31-12)23(45)35-17(26(48)49)4-20(41)42/h5-6,9-10,13-18,37-38H,1-4,7-8,27H2,(H,28,30)(H,29,31)(H,32,43)(H,33,47)(H,34,44)(H,35,45)(H,36,46)(H,39,40)(H,41,42)(H,48,49)/t13-,14-,15-,16-,17-,18-/m0/s1. The summed E-state index contributed by atoms with van der Waals surface area (Å²) < 4.78 is 0. The van der Waals surface area contributed by atoms with Gasteiger partial charge >= 0.3 is 17.9 Å². The molecule has 5 amide bonds. The maximum atomic E-state index is 13.2. The number of amides is 5. The van der Waals surface area contributed by atoms with E-state index in [4.69, 9.17) is 10.8 Å². The van der Waals surface area contributed by atoms with Gasteiger partial charge in [-0.2, -0.15) is 0 Å². The van der Waals surface area contributed by atoms with Crippen LogP contribution in [0.15, 0.2) is 25.0 Å². The molecule has 0 fully saturated rings. The van der Waals surface area contributed by atoms with Crippen molar-refractivity contribution in [3.05, 3.63) is 36.4 Å². The van der Waals surface area contributed by atoms with Gasteiger partial charge in [0.1, 0.15) is 36.3 Å². The highest BCUT2D eigenvalue weighted by Gasteiger charge is 2.34. The molecule has 268 valence electrons. The zero-order valence-electron chi connectivity index (χ0n) is 25.5. The first-order chi connectivity index (χ1) is 23.1. The van der Waals surface area contributed by atoms with E-state index in [0.29, 0.717) is 5.69 Å². The largest absolute Gasteiger partial charge is 0.481 e. The van der Waals surface area contributed by atoms with Crippen LogP contribution in [0.5, 0.6) is 0 Å². The predicted molar refractivity (Wildman–Crippen MR) is 159 cm³/mol. The van der Waals surface area contributed by atoms with Crippen molar-refractivity contribution in [2.45, 2.75) is 61.9 Å². The summed E-state index contributed by atoms with van der Waals surface area (Å²) in [5.74, 6) is -10.5. The SMILES string of the molecule is N[C@@H](CO)C(=O)N[C@@H](Cc1cnc[nH]1)C(=O)N[C@@H](CC(=O)O)C(=O)N[C@@H](CO)C(=O)N[C@@H](Cc1cnc[nH]1)C(=O)N[C@@H](CC(=O)O)C(=O)O. The van der Waals surface area contributed by atoms with Crippen LogP contribution in [0.1, 0.15) is 24.2 Å². The summed E-state index contributed by atoms with van der Waals surface area (Å²) >= 11 is 0. The average molecular weight is 697 g/mol. The lowest BCUT2D eigenvalue weighted by molar-refractivity contribution is -0.147. The molecule has 0 aliphatic rings. The molecule has 0 aromatic carbocycles. The van der Waals surface area contributed by atoms with Crippen LogP contribution in [0.25, 0.3) is 0 Å². The number of nitrogens with one attached hydrogen (secondary N) is 7. The number of carbonyl (C=O) groups excluding carboxylic acids is 5. The first kappa shape index (κ1) is 39.2. The molecule has 0 bridgehead atoms. The third-order valence-electron chi connectivity index (χ3n) is 6.58. The molecule has 23 heteroatoms. The topological polar surface area (TPSA) is 381 Å². The van der Waals surface area contributed by atoms with Gasteiger partial charge in [-0.1, -0.05) is 0 Å². The second-order valence-corrected chi connectivity index (χ2v) is 10.4. The Morgan fingerprint density at radius 2 is 0.980 bits per heavy atom. The van der Waals surface area contributed by atoms with Gasteiger partial charge in [-0.05, 0) is 0 Å². The Morgan fingerprint density at radius 3 is 1.39 bits per heavy atom.